The molecule has 1 aliphatic rings. The largest absolute Gasteiger partial charge is 0.420 e. The van der Waals surface area contributed by atoms with E-state index in [2.05, 4.69) is 31.9 Å². The van der Waals surface area contributed by atoms with Crippen molar-refractivity contribution in [3.05, 3.63) is 38.3 Å². The third-order valence-corrected chi connectivity index (χ3v) is 2.81. The van der Waals surface area contributed by atoms with Crippen LogP contribution in [0, 0.1) is 6.92 Å². The molecule has 0 atom stereocenters. The monoisotopic (exact) mass is 316 g/mol. The van der Waals surface area contributed by atoms with Crippen LogP contribution in [-0.4, -0.2) is 5.97 Å². The molecule has 0 unspecified atom stereocenters. The van der Waals surface area contributed by atoms with Crippen LogP contribution in [0.1, 0.15) is 21.5 Å². The molecular weight excluding hydrogens is 312 g/mol. The van der Waals surface area contributed by atoms with Crippen LogP contribution in [-0.2, 0) is 4.74 Å². The van der Waals surface area contributed by atoms with Gasteiger partial charge in [-0.25, -0.2) is 4.79 Å². The maximum absolute atomic E-state index is 11.5. The highest BCUT2D eigenvalue weighted by Gasteiger charge is 2.29. The third-order valence-electron chi connectivity index (χ3n) is 2.09. The molecule has 0 aliphatic carbocycles. The van der Waals surface area contributed by atoms with Crippen LogP contribution in [0.15, 0.2) is 21.6 Å². The number of aryl methyl sites for hydroxylation is 1. The standard InChI is InChI=1S/C10H6Br2O2/c1-5-3-2-4-6-7(5)10(13)14-8(6)9(11)12/h2-4H,1H3. The number of benzene rings is 1. The first-order valence-electron chi connectivity index (χ1n) is 3.98. The Bertz CT molecular complexity index is 445. The second-order valence-corrected chi connectivity index (χ2v) is 5.63. The Labute approximate surface area is 98.2 Å². The summed E-state index contributed by atoms with van der Waals surface area (Å²) in [5, 5.41) is 0. The number of hydrogen-bond donors (Lipinski definition) is 0. The van der Waals surface area contributed by atoms with Gasteiger partial charge in [-0.2, -0.15) is 0 Å². The van der Waals surface area contributed by atoms with Gasteiger partial charge in [0.1, 0.15) is 3.39 Å². The average molecular weight is 318 g/mol. The summed E-state index contributed by atoms with van der Waals surface area (Å²) in [4.78, 5) is 11.5. The van der Waals surface area contributed by atoms with E-state index in [4.69, 9.17) is 4.74 Å². The van der Waals surface area contributed by atoms with Crippen LogP contribution in [0.4, 0.5) is 0 Å². The summed E-state index contributed by atoms with van der Waals surface area (Å²) in [6, 6.07) is 5.66. The van der Waals surface area contributed by atoms with Gasteiger partial charge < -0.3 is 4.74 Å². The fourth-order valence-corrected chi connectivity index (χ4v) is 2.06. The zero-order valence-corrected chi connectivity index (χ0v) is 10.5. The molecule has 4 heteroatoms. The van der Waals surface area contributed by atoms with E-state index >= 15 is 0 Å². The summed E-state index contributed by atoms with van der Waals surface area (Å²) >= 11 is 6.48. The van der Waals surface area contributed by atoms with Crippen LogP contribution in [0.25, 0.3) is 5.76 Å². The van der Waals surface area contributed by atoms with Crippen molar-refractivity contribution in [2.75, 3.05) is 0 Å². The van der Waals surface area contributed by atoms with E-state index in [-0.39, 0.29) is 5.97 Å². The van der Waals surface area contributed by atoms with Crippen molar-refractivity contribution >= 4 is 43.6 Å². The van der Waals surface area contributed by atoms with Gasteiger partial charge in [0.05, 0.1) is 5.56 Å². The molecule has 2 rings (SSSR count). The van der Waals surface area contributed by atoms with Crippen molar-refractivity contribution in [2.24, 2.45) is 0 Å². The molecule has 0 saturated carbocycles. The Kier molecular flexibility index (Phi) is 2.49. The van der Waals surface area contributed by atoms with Crippen LogP contribution in [0.3, 0.4) is 0 Å². The van der Waals surface area contributed by atoms with Gasteiger partial charge in [0.15, 0.2) is 5.76 Å². The lowest BCUT2D eigenvalue weighted by atomic mass is 10.0. The average Bonchev–Trinajstić information content (AvgIpc) is 2.45. The van der Waals surface area contributed by atoms with E-state index < -0.39 is 0 Å². The minimum Gasteiger partial charge on any atom is -0.420 e. The normalized spacial score (nSPS) is 13.9. The van der Waals surface area contributed by atoms with Gasteiger partial charge in [-0.3, -0.25) is 0 Å². The van der Waals surface area contributed by atoms with Crippen molar-refractivity contribution < 1.29 is 9.53 Å². The van der Waals surface area contributed by atoms with Gasteiger partial charge in [-0.05, 0) is 44.3 Å². The number of ether oxygens (including phenoxy) is 1. The smallest absolute Gasteiger partial charge is 0.344 e. The Hall–Kier alpha value is -0.610. The molecule has 0 saturated heterocycles. The molecule has 1 heterocycles. The molecule has 1 aromatic carbocycles. The van der Waals surface area contributed by atoms with Crippen molar-refractivity contribution in [2.45, 2.75) is 6.92 Å². The second-order valence-electron chi connectivity index (χ2n) is 2.98. The maximum Gasteiger partial charge on any atom is 0.344 e. The highest BCUT2D eigenvalue weighted by atomic mass is 79.9. The Balaban J connectivity index is 2.73. The Morgan fingerprint density at radius 1 is 1.36 bits per heavy atom. The lowest BCUT2D eigenvalue weighted by molar-refractivity contribution is 0.0715. The first-order valence-corrected chi connectivity index (χ1v) is 5.57. The number of fused-ring (bicyclic) bond motifs is 1. The number of carbonyl (C=O) groups is 1. The SMILES string of the molecule is Cc1cccc2c1C(=O)OC2=C(Br)Br. The Morgan fingerprint density at radius 3 is 2.71 bits per heavy atom. The quantitative estimate of drug-likeness (QED) is 0.684. The van der Waals surface area contributed by atoms with Crippen molar-refractivity contribution in [3.63, 3.8) is 0 Å². The summed E-state index contributed by atoms with van der Waals surface area (Å²) in [7, 11) is 0. The topological polar surface area (TPSA) is 26.3 Å². The number of esters is 1. The van der Waals surface area contributed by atoms with E-state index in [1.54, 1.807) is 0 Å². The number of halogens is 2. The van der Waals surface area contributed by atoms with Crippen LogP contribution >= 0.6 is 31.9 Å². The van der Waals surface area contributed by atoms with E-state index in [0.717, 1.165) is 11.1 Å². The maximum atomic E-state index is 11.5. The van der Waals surface area contributed by atoms with Gasteiger partial charge in [0.25, 0.3) is 0 Å². The lowest BCUT2D eigenvalue weighted by Gasteiger charge is -1.98. The molecule has 72 valence electrons. The highest BCUT2D eigenvalue weighted by Crippen LogP contribution is 2.37. The fraction of sp³-hybridized carbons (Fsp3) is 0.100. The van der Waals surface area contributed by atoms with Gasteiger partial charge >= 0.3 is 5.97 Å². The fourth-order valence-electron chi connectivity index (χ4n) is 1.47. The molecule has 0 bridgehead atoms. The minimum absolute atomic E-state index is 0.287. The van der Waals surface area contributed by atoms with Gasteiger partial charge in [-0.1, -0.05) is 18.2 Å². The molecule has 0 spiro atoms. The second kappa shape index (κ2) is 3.51. The Morgan fingerprint density at radius 2 is 2.07 bits per heavy atom. The van der Waals surface area contributed by atoms with Gasteiger partial charge in [-0.15, -0.1) is 0 Å². The van der Waals surface area contributed by atoms with Gasteiger partial charge in [0.2, 0.25) is 0 Å². The van der Waals surface area contributed by atoms with Crippen molar-refractivity contribution in [1.82, 2.24) is 0 Å². The molecule has 2 nitrogen and oxygen atoms in total. The van der Waals surface area contributed by atoms with E-state index in [1.165, 1.54) is 0 Å². The first kappa shape index (κ1) is 9.93. The molecule has 0 amide bonds. The summed E-state index contributed by atoms with van der Waals surface area (Å²) in [5.41, 5.74) is 2.42. The van der Waals surface area contributed by atoms with E-state index in [9.17, 15) is 4.79 Å². The van der Waals surface area contributed by atoms with Gasteiger partial charge in [0, 0.05) is 5.56 Å². The zero-order valence-electron chi connectivity index (χ0n) is 7.30. The predicted molar refractivity (Wildman–Crippen MR) is 61.4 cm³/mol. The van der Waals surface area contributed by atoms with Crippen LogP contribution < -0.4 is 0 Å². The number of hydrogen-bond acceptors (Lipinski definition) is 2. The molecule has 1 aromatic rings. The minimum atomic E-state index is -0.287. The summed E-state index contributed by atoms with van der Waals surface area (Å²) in [6.45, 7) is 1.89. The molecule has 0 fully saturated rings. The van der Waals surface area contributed by atoms with Crippen LogP contribution in [0.2, 0.25) is 0 Å². The number of carbonyl (C=O) groups excluding carboxylic acids is 1. The highest BCUT2D eigenvalue weighted by molar-refractivity contribution is 9.28. The van der Waals surface area contributed by atoms with Crippen LogP contribution in [0.5, 0.6) is 0 Å². The molecule has 1 aliphatic heterocycles. The van der Waals surface area contributed by atoms with E-state index in [1.807, 2.05) is 25.1 Å². The van der Waals surface area contributed by atoms with Crippen molar-refractivity contribution in [1.29, 1.82) is 0 Å². The molecular formula is C10H6Br2O2. The summed E-state index contributed by atoms with van der Waals surface area (Å²) < 4.78 is 5.78. The molecule has 14 heavy (non-hydrogen) atoms. The van der Waals surface area contributed by atoms with E-state index in [0.29, 0.717) is 14.7 Å². The molecule has 0 aromatic heterocycles. The lowest BCUT2D eigenvalue weighted by Crippen LogP contribution is -1.96. The number of rotatable bonds is 0. The predicted octanol–water partition coefficient (Wildman–Crippen LogP) is 3.58. The first-order chi connectivity index (χ1) is 6.61. The third kappa shape index (κ3) is 1.42. The number of cyclic esters (lactones) is 1. The summed E-state index contributed by atoms with van der Waals surface area (Å²) in [5.74, 6) is 0.262. The van der Waals surface area contributed by atoms with Crippen molar-refractivity contribution in [3.8, 4) is 0 Å². The molecule has 0 radical (unpaired) electrons. The summed E-state index contributed by atoms with van der Waals surface area (Å²) in [6.07, 6.45) is 0. The zero-order chi connectivity index (χ0) is 10.3. The molecule has 0 N–H and O–H groups in total.